The minimum atomic E-state index is -0.165. The third-order valence-corrected chi connectivity index (χ3v) is 3.52. The van der Waals surface area contributed by atoms with Crippen LogP contribution in [0.1, 0.15) is 11.1 Å². The number of nitrogens with one attached hydrogen (secondary N) is 1. The van der Waals surface area contributed by atoms with Gasteiger partial charge in [-0.2, -0.15) is 0 Å². The van der Waals surface area contributed by atoms with Crippen LogP contribution in [0.4, 0.5) is 11.4 Å². The van der Waals surface area contributed by atoms with Crippen LogP contribution < -0.4 is 10.2 Å². The number of nitrogens with zero attached hydrogens (tertiary/aromatic N) is 1. The van der Waals surface area contributed by atoms with Gasteiger partial charge in [-0.25, -0.2) is 0 Å². The Morgan fingerprint density at radius 1 is 1.14 bits per heavy atom. The summed E-state index contributed by atoms with van der Waals surface area (Å²) in [7, 11) is 3.99. The van der Waals surface area contributed by atoms with Gasteiger partial charge in [-0.15, -0.1) is 0 Å². The zero-order valence-corrected chi connectivity index (χ0v) is 13.7. The van der Waals surface area contributed by atoms with Gasteiger partial charge in [0.1, 0.15) is 0 Å². The number of hydrogen-bond acceptors (Lipinski definition) is 2. The van der Waals surface area contributed by atoms with Gasteiger partial charge in [-0.05, 0) is 54.5 Å². The highest BCUT2D eigenvalue weighted by Crippen LogP contribution is 2.19. The molecule has 0 fully saturated rings. The number of rotatable bonds is 4. The number of amides is 1. The van der Waals surface area contributed by atoms with E-state index in [4.69, 9.17) is 11.6 Å². The Balaban J connectivity index is 2.01. The van der Waals surface area contributed by atoms with Crippen LogP contribution in [0.25, 0.3) is 6.08 Å². The van der Waals surface area contributed by atoms with Crippen molar-refractivity contribution < 1.29 is 4.79 Å². The molecule has 0 aromatic heterocycles. The molecule has 0 saturated carbocycles. The smallest absolute Gasteiger partial charge is 0.248 e. The summed E-state index contributed by atoms with van der Waals surface area (Å²) in [6, 6.07) is 13.4. The molecule has 0 radical (unpaired) electrons. The van der Waals surface area contributed by atoms with Crippen LogP contribution in [-0.4, -0.2) is 20.0 Å². The SMILES string of the molecule is Cc1cc(Cl)ccc1NC(=O)/C=C/c1ccc(N(C)C)cc1. The van der Waals surface area contributed by atoms with Crippen molar-refractivity contribution in [2.45, 2.75) is 6.92 Å². The van der Waals surface area contributed by atoms with Gasteiger partial charge in [0.2, 0.25) is 5.91 Å². The highest BCUT2D eigenvalue weighted by molar-refractivity contribution is 6.30. The molecule has 0 aliphatic rings. The van der Waals surface area contributed by atoms with Crippen molar-refractivity contribution in [3.05, 3.63) is 64.7 Å². The van der Waals surface area contributed by atoms with Crippen LogP contribution in [0.5, 0.6) is 0 Å². The molecule has 3 nitrogen and oxygen atoms in total. The highest BCUT2D eigenvalue weighted by atomic mass is 35.5. The van der Waals surface area contributed by atoms with E-state index >= 15 is 0 Å². The molecule has 2 aromatic carbocycles. The lowest BCUT2D eigenvalue weighted by molar-refractivity contribution is -0.111. The summed E-state index contributed by atoms with van der Waals surface area (Å²) in [5, 5.41) is 3.50. The summed E-state index contributed by atoms with van der Waals surface area (Å²) in [6.45, 7) is 1.91. The maximum atomic E-state index is 12.0. The summed E-state index contributed by atoms with van der Waals surface area (Å²) in [5.41, 5.74) is 3.80. The maximum Gasteiger partial charge on any atom is 0.248 e. The fourth-order valence-corrected chi connectivity index (χ4v) is 2.22. The predicted octanol–water partition coefficient (Wildman–Crippen LogP) is 4.37. The summed E-state index contributed by atoms with van der Waals surface area (Å²) in [6.07, 6.45) is 3.32. The molecule has 1 amide bonds. The van der Waals surface area contributed by atoms with Gasteiger partial charge in [0.15, 0.2) is 0 Å². The van der Waals surface area contributed by atoms with E-state index in [9.17, 15) is 4.79 Å². The lowest BCUT2D eigenvalue weighted by Gasteiger charge is -2.11. The van der Waals surface area contributed by atoms with Crippen LogP contribution >= 0.6 is 11.6 Å². The Morgan fingerprint density at radius 3 is 2.41 bits per heavy atom. The average molecular weight is 315 g/mol. The van der Waals surface area contributed by atoms with Crippen LogP contribution in [-0.2, 0) is 4.79 Å². The van der Waals surface area contributed by atoms with Crippen molar-refractivity contribution in [2.24, 2.45) is 0 Å². The molecule has 1 N–H and O–H groups in total. The maximum absolute atomic E-state index is 12.0. The van der Waals surface area contributed by atoms with Gasteiger partial charge in [0.05, 0.1) is 0 Å². The molecular weight excluding hydrogens is 296 g/mol. The molecule has 0 aliphatic carbocycles. The second-order valence-corrected chi connectivity index (χ2v) is 5.70. The lowest BCUT2D eigenvalue weighted by Crippen LogP contribution is -2.09. The molecule has 22 heavy (non-hydrogen) atoms. The molecule has 114 valence electrons. The first-order chi connectivity index (χ1) is 10.5. The fraction of sp³-hybridized carbons (Fsp3) is 0.167. The number of halogens is 1. The van der Waals surface area contributed by atoms with Crippen LogP contribution in [0.3, 0.4) is 0 Å². The van der Waals surface area contributed by atoms with Gasteiger partial charge in [0, 0.05) is 36.6 Å². The third kappa shape index (κ3) is 4.37. The highest BCUT2D eigenvalue weighted by Gasteiger charge is 2.02. The molecule has 0 atom stereocenters. The molecule has 0 bridgehead atoms. The summed E-state index contributed by atoms with van der Waals surface area (Å²) in [4.78, 5) is 14.0. The number of anilines is 2. The second kappa shape index (κ2) is 7.14. The predicted molar refractivity (Wildman–Crippen MR) is 94.6 cm³/mol. The number of benzene rings is 2. The molecule has 2 rings (SSSR count). The van der Waals surface area contributed by atoms with E-state index in [1.54, 1.807) is 18.2 Å². The van der Waals surface area contributed by atoms with Crippen molar-refractivity contribution >= 4 is 35.0 Å². The minimum Gasteiger partial charge on any atom is -0.378 e. The zero-order chi connectivity index (χ0) is 16.1. The Bertz CT molecular complexity index is 691. The van der Waals surface area contributed by atoms with Gasteiger partial charge in [-0.1, -0.05) is 23.7 Å². The summed E-state index contributed by atoms with van der Waals surface area (Å²) >= 11 is 5.90. The Hall–Kier alpha value is -2.26. The molecule has 0 spiro atoms. The van der Waals surface area contributed by atoms with Crippen molar-refractivity contribution in [1.29, 1.82) is 0 Å². The molecule has 4 heteroatoms. The normalized spacial score (nSPS) is 10.7. The van der Waals surface area contributed by atoms with E-state index in [0.717, 1.165) is 22.5 Å². The Kier molecular flexibility index (Phi) is 5.23. The third-order valence-electron chi connectivity index (χ3n) is 3.28. The van der Waals surface area contributed by atoms with Crippen molar-refractivity contribution in [3.8, 4) is 0 Å². The van der Waals surface area contributed by atoms with Gasteiger partial charge in [0.25, 0.3) is 0 Å². The topological polar surface area (TPSA) is 32.3 Å². The van der Waals surface area contributed by atoms with Crippen LogP contribution in [0.15, 0.2) is 48.5 Å². The molecule has 0 unspecified atom stereocenters. The standard InChI is InChI=1S/C18H19ClN2O/c1-13-12-15(19)7-10-17(13)20-18(22)11-6-14-4-8-16(9-5-14)21(2)3/h4-12H,1-3H3,(H,20,22)/b11-6+. The number of carbonyl (C=O) groups is 1. The summed E-state index contributed by atoms with van der Waals surface area (Å²) < 4.78 is 0. The first-order valence-corrected chi connectivity index (χ1v) is 7.36. The van der Waals surface area contributed by atoms with Crippen LogP contribution in [0.2, 0.25) is 5.02 Å². The van der Waals surface area contributed by atoms with Gasteiger partial charge in [-0.3, -0.25) is 4.79 Å². The van der Waals surface area contributed by atoms with Crippen molar-refractivity contribution in [2.75, 3.05) is 24.3 Å². The largest absolute Gasteiger partial charge is 0.378 e. The number of hydrogen-bond donors (Lipinski definition) is 1. The first-order valence-electron chi connectivity index (χ1n) is 6.98. The van der Waals surface area contributed by atoms with E-state index in [1.807, 2.05) is 56.3 Å². The first kappa shape index (κ1) is 16.1. The van der Waals surface area contributed by atoms with Crippen LogP contribution in [0, 0.1) is 6.92 Å². The van der Waals surface area contributed by atoms with Crippen molar-refractivity contribution in [3.63, 3.8) is 0 Å². The van der Waals surface area contributed by atoms with Gasteiger partial charge >= 0.3 is 0 Å². The monoisotopic (exact) mass is 314 g/mol. The summed E-state index contributed by atoms with van der Waals surface area (Å²) in [5.74, 6) is -0.165. The molecule has 0 heterocycles. The second-order valence-electron chi connectivity index (χ2n) is 5.27. The number of aryl methyl sites for hydroxylation is 1. The Morgan fingerprint density at radius 2 is 1.82 bits per heavy atom. The number of carbonyl (C=O) groups excluding carboxylic acids is 1. The van der Waals surface area contributed by atoms with E-state index in [1.165, 1.54) is 6.08 Å². The molecule has 0 aliphatic heterocycles. The minimum absolute atomic E-state index is 0.165. The molecular formula is C18H19ClN2O. The van der Waals surface area contributed by atoms with E-state index in [0.29, 0.717) is 5.02 Å². The van der Waals surface area contributed by atoms with E-state index in [-0.39, 0.29) is 5.91 Å². The zero-order valence-electron chi connectivity index (χ0n) is 12.9. The quantitative estimate of drug-likeness (QED) is 0.850. The molecule has 0 saturated heterocycles. The Labute approximate surface area is 136 Å². The van der Waals surface area contributed by atoms with Crippen molar-refractivity contribution in [1.82, 2.24) is 0 Å². The molecule has 2 aromatic rings. The van der Waals surface area contributed by atoms with Gasteiger partial charge < -0.3 is 10.2 Å². The lowest BCUT2D eigenvalue weighted by atomic mass is 10.1. The average Bonchev–Trinajstić information content (AvgIpc) is 2.48. The van der Waals surface area contributed by atoms with E-state index in [2.05, 4.69) is 5.32 Å². The fourth-order valence-electron chi connectivity index (χ4n) is 2.00. The van der Waals surface area contributed by atoms with E-state index < -0.39 is 0 Å².